The molecule has 1 aliphatic heterocycles. The molecule has 1 heterocycles. The largest absolute Gasteiger partial charge is 0.763 e. The Bertz CT molecular complexity index is 786. The quantitative estimate of drug-likeness (QED) is 0.473. The van der Waals surface area contributed by atoms with E-state index in [9.17, 15) is 10.2 Å². The summed E-state index contributed by atoms with van der Waals surface area (Å²) in [5.74, 6) is 1.87. The Labute approximate surface area is 145 Å². The Kier molecular flexibility index (Phi) is 4.01. The van der Waals surface area contributed by atoms with Crippen molar-refractivity contribution in [2.45, 2.75) is 32.6 Å². The van der Waals surface area contributed by atoms with Crippen molar-refractivity contribution in [1.82, 2.24) is 5.32 Å². The van der Waals surface area contributed by atoms with E-state index in [2.05, 4.69) is 25.0 Å². The monoisotopic (exact) mass is 343 g/mol. The lowest BCUT2D eigenvalue weighted by atomic mass is 9.69. The molecule has 1 aliphatic carbocycles. The number of benzene rings is 1. The van der Waals surface area contributed by atoms with Crippen LogP contribution < -0.4 is 5.32 Å². The molecule has 1 N–H and O–H groups in total. The maximum atomic E-state index is 12.8. The lowest BCUT2D eigenvalue weighted by molar-refractivity contribution is -0.118. The van der Waals surface area contributed by atoms with Crippen LogP contribution in [-0.4, -0.2) is 16.6 Å². The smallest absolute Gasteiger partial charge is 0.162 e. The molecule has 3 rings (SSSR count). The van der Waals surface area contributed by atoms with E-state index in [1.807, 2.05) is 12.1 Å². The highest BCUT2D eigenvalue weighted by Gasteiger charge is 2.41. The average molecular weight is 344 g/mol. The number of carbonyl (C=O) groups excluding carboxylic acids is 1. The zero-order valence-electron chi connectivity index (χ0n) is 12.9. The van der Waals surface area contributed by atoms with Gasteiger partial charge < -0.3 is 10.7 Å². The summed E-state index contributed by atoms with van der Waals surface area (Å²) in [5, 5.41) is 13.3. The lowest BCUT2D eigenvalue weighted by Gasteiger charge is -2.39. The fourth-order valence-electron chi connectivity index (χ4n) is 3.36. The Morgan fingerprint density at radius 3 is 2.57 bits per heavy atom. The van der Waals surface area contributed by atoms with Crippen LogP contribution in [0, 0.1) is 5.41 Å². The molecule has 0 saturated carbocycles. The predicted molar refractivity (Wildman–Crippen MR) is 96.9 cm³/mol. The van der Waals surface area contributed by atoms with Crippen LogP contribution in [0.25, 0.3) is 5.41 Å². The fourth-order valence-corrected chi connectivity index (χ4v) is 3.78. The lowest BCUT2D eigenvalue weighted by Crippen LogP contribution is -2.41. The number of nitrogens with one attached hydrogen (secondary N) is 1. The van der Waals surface area contributed by atoms with E-state index in [-0.39, 0.29) is 11.2 Å². The van der Waals surface area contributed by atoms with Crippen LogP contribution in [0.5, 0.6) is 0 Å². The van der Waals surface area contributed by atoms with Crippen molar-refractivity contribution in [2.24, 2.45) is 5.41 Å². The second-order valence-corrected chi connectivity index (χ2v) is 7.64. The maximum Gasteiger partial charge on any atom is 0.162 e. The molecule has 2 aliphatic rings. The van der Waals surface area contributed by atoms with Crippen molar-refractivity contribution in [2.75, 3.05) is 0 Å². The van der Waals surface area contributed by atoms with Gasteiger partial charge in [-0.2, -0.15) is 0 Å². The van der Waals surface area contributed by atoms with Crippen molar-refractivity contribution in [1.29, 1.82) is 0 Å². The number of rotatable bonds is 1. The molecule has 118 valence electrons. The van der Waals surface area contributed by atoms with E-state index in [1.165, 1.54) is 0 Å². The molecule has 0 aromatic heterocycles. The van der Waals surface area contributed by atoms with Gasteiger partial charge in [0, 0.05) is 34.2 Å². The Hall–Kier alpha value is -1.74. The number of thiocarbonyl (C=S) groups is 1. The Morgan fingerprint density at radius 1 is 1.30 bits per heavy atom. The molecule has 23 heavy (non-hydrogen) atoms. The van der Waals surface area contributed by atoms with E-state index in [0.29, 0.717) is 27.6 Å². The molecule has 0 amide bonds. The highest BCUT2D eigenvalue weighted by Crippen LogP contribution is 2.45. The summed E-state index contributed by atoms with van der Waals surface area (Å²) in [6, 6.07) is 7.26. The van der Waals surface area contributed by atoms with E-state index < -0.39 is 5.92 Å². The van der Waals surface area contributed by atoms with Gasteiger partial charge in [-0.3, -0.25) is 10.7 Å². The number of halogens is 1. The maximum absolute atomic E-state index is 12.8. The number of carbonyl (C=O) groups is 1. The molecule has 3 nitrogen and oxygen atoms in total. The van der Waals surface area contributed by atoms with Gasteiger partial charge in [0.2, 0.25) is 0 Å². The normalized spacial score (nSPS) is 23.3. The minimum Gasteiger partial charge on any atom is -0.763 e. The van der Waals surface area contributed by atoms with Gasteiger partial charge in [0.25, 0.3) is 0 Å². The summed E-state index contributed by atoms with van der Waals surface area (Å²) < 4.78 is 0. The molecule has 1 atom stereocenters. The van der Waals surface area contributed by atoms with E-state index in [0.717, 1.165) is 17.7 Å². The highest BCUT2D eigenvalue weighted by molar-refractivity contribution is 7.80. The average Bonchev–Trinajstić information content (AvgIpc) is 2.45. The summed E-state index contributed by atoms with van der Waals surface area (Å²) >= 11 is 11.3. The van der Waals surface area contributed by atoms with Gasteiger partial charge in [-0.25, -0.2) is 0 Å². The highest BCUT2D eigenvalue weighted by atomic mass is 35.5. The van der Waals surface area contributed by atoms with Crippen LogP contribution in [0.15, 0.2) is 41.1 Å². The first kappa shape index (κ1) is 16.1. The second kappa shape index (κ2) is 5.72. The zero-order chi connectivity index (χ0) is 16.8. The molecule has 0 saturated heterocycles. The number of ketones is 1. The molecule has 5 heteroatoms. The van der Waals surface area contributed by atoms with Crippen molar-refractivity contribution in [3.63, 3.8) is 0 Å². The van der Waals surface area contributed by atoms with Gasteiger partial charge in [0.05, 0.1) is 0 Å². The first-order chi connectivity index (χ1) is 10.8. The van der Waals surface area contributed by atoms with Crippen LogP contribution in [0.2, 0.25) is 5.02 Å². The molecule has 1 unspecified atom stereocenters. The standard InChI is InChI=1S/C18H16ClN2OS/c1-18(2)7-13-16(14(22)8-18)15(12(9-20)17(23)21-13)10-3-5-11(19)6-4-10/h3-6,15H,7-8H2,1-2H3,(H,21,23)/q-1. The molecular formula is C18H16ClN2OS-. The van der Waals surface area contributed by atoms with E-state index in [4.69, 9.17) is 23.8 Å². The summed E-state index contributed by atoms with van der Waals surface area (Å²) in [6.07, 6.45) is 1.22. The van der Waals surface area contributed by atoms with Gasteiger partial charge >= 0.3 is 0 Å². The molecule has 0 bridgehead atoms. The van der Waals surface area contributed by atoms with Gasteiger partial charge in [-0.1, -0.05) is 49.8 Å². The number of hydrogen-bond donors (Lipinski definition) is 1. The van der Waals surface area contributed by atoms with E-state index >= 15 is 0 Å². The third kappa shape index (κ3) is 2.90. The zero-order valence-corrected chi connectivity index (χ0v) is 14.5. The van der Waals surface area contributed by atoms with Crippen LogP contribution in [0.1, 0.15) is 38.2 Å². The van der Waals surface area contributed by atoms with Crippen LogP contribution >= 0.6 is 23.8 Å². The number of Topliss-reactive ketones (excluding diaryl/α,β-unsaturated/α-hetero) is 1. The van der Waals surface area contributed by atoms with Crippen molar-refractivity contribution in [3.8, 4) is 0 Å². The number of allylic oxidation sites excluding steroid dienone is 2. The molecule has 1 aromatic carbocycles. The molecular weight excluding hydrogens is 328 g/mol. The van der Waals surface area contributed by atoms with Gasteiger partial charge in [0.15, 0.2) is 5.78 Å². The molecule has 0 fully saturated rings. The molecule has 1 aromatic rings. The topological polar surface area (TPSA) is 51.4 Å². The number of hydrogen-bond acceptors (Lipinski definition) is 2. The molecule has 0 spiro atoms. The Balaban J connectivity index is 2.20. The van der Waals surface area contributed by atoms with Crippen LogP contribution in [0.4, 0.5) is 0 Å². The van der Waals surface area contributed by atoms with Crippen molar-refractivity contribution < 1.29 is 4.79 Å². The number of nitrogens with zero attached hydrogens (tertiary/aromatic N) is 1. The minimum absolute atomic E-state index is 0.0824. The van der Waals surface area contributed by atoms with Gasteiger partial charge in [-0.15, -0.1) is 0 Å². The second-order valence-electron chi connectivity index (χ2n) is 6.80. The first-order valence-electron chi connectivity index (χ1n) is 7.42. The van der Waals surface area contributed by atoms with Crippen LogP contribution in [0.3, 0.4) is 0 Å². The first-order valence-corrected chi connectivity index (χ1v) is 8.21. The van der Waals surface area contributed by atoms with Crippen molar-refractivity contribution in [3.05, 3.63) is 57.1 Å². The summed E-state index contributed by atoms with van der Waals surface area (Å²) in [7, 11) is 0. The summed E-state index contributed by atoms with van der Waals surface area (Å²) in [5.41, 5.74) is 2.73. The molecule has 0 radical (unpaired) electrons. The minimum atomic E-state index is -0.399. The fraction of sp³-hybridized carbons (Fsp3) is 0.333. The van der Waals surface area contributed by atoms with Gasteiger partial charge in [-0.05, 0) is 29.5 Å². The third-order valence-corrected chi connectivity index (χ3v) is 4.90. The van der Waals surface area contributed by atoms with E-state index in [1.54, 1.807) is 12.1 Å². The predicted octanol–water partition coefficient (Wildman–Crippen LogP) is 4.16. The summed E-state index contributed by atoms with van der Waals surface area (Å²) in [6.45, 7) is 4.14. The summed E-state index contributed by atoms with van der Waals surface area (Å²) in [4.78, 5) is 13.2. The third-order valence-electron chi connectivity index (χ3n) is 4.33. The Morgan fingerprint density at radius 2 is 1.96 bits per heavy atom. The van der Waals surface area contributed by atoms with Gasteiger partial charge in [0.1, 0.15) is 4.99 Å². The SMILES string of the molecule is CC1(C)CC(=O)C2=C(C1)NC(=S)C(=C=[N-])C2c1ccc(Cl)cc1. The van der Waals surface area contributed by atoms with Crippen molar-refractivity contribution >= 4 is 40.5 Å². The van der Waals surface area contributed by atoms with Crippen LogP contribution in [-0.2, 0) is 4.79 Å².